The quantitative estimate of drug-likeness (QED) is 0.779. The van der Waals surface area contributed by atoms with Crippen LogP contribution in [0.5, 0.6) is 5.75 Å². The van der Waals surface area contributed by atoms with Crippen molar-refractivity contribution < 1.29 is 4.74 Å². The molecule has 0 spiro atoms. The van der Waals surface area contributed by atoms with Gasteiger partial charge in [0.25, 0.3) is 0 Å². The number of nitrogens with zero attached hydrogens (tertiary/aromatic N) is 2. The minimum atomic E-state index is 0.491. The van der Waals surface area contributed by atoms with E-state index in [1.165, 1.54) is 0 Å². The average molecular weight is 249 g/mol. The number of rotatable bonds is 4. The molecule has 0 N–H and O–H groups in total. The first-order valence-electron chi connectivity index (χ1n) is 5.43. The van der Waals surface area contributed by atoms with Crippen LogP contribution in [0, 0.1) is 0 Å². The Kier molecular flexibility index (Phi) is 3.94. The molecule has 4 heteroatoms. The van der Waals surface area contributed by atoms with Gasteiger partial charge in [-0.25, -0.2) is 9.97 Å². The first kappa shape index (κ1) is 11.9. The monoisotopic (exact) mass is 248 g/mol. The van der Waals surface area contributed by atoms with Gasteiger partial charge in [0.2, 0.25) is 0 Å². The summed E-state index contributed by atoms with van der Waals surface area (Å²) in [6.07, 6.45) is 3.36. The van der Waals surface area contributed by atoms with Crippen molar-refractivity contribution in [1.82, 2.24) is 9.97 Å². The summed E-state index contributed by atoms with van der Waals surface area (Å²) in [6.45, 7) is 2.54. The molecule has 0 atom stereocenters. The van der Waals surface area contributed by atoms with Crippen LogP contribution < -0.4 is 4.74 Å². The van der Waals surface area contributed by atoms with Gasteiger partial charge >= 0.3 is 0 Å². The molecule has 1 heterocycles. The van der Waals surface area contributed by atoms with Crippen molar-refractivity contribution in [2.45, 2.75) is 12.8 Å². The standard InChI is InChI=1S/C13H13ClN2O/c1-2-17-12-8-15-13(16-9-12)11-5-3-4-10(6-11)7-14/h3-6,8-9H,2,7H2,1H3. The molecule has 2 aromatic rings. The SMILES string of the molecule is CCOc1cnc(-c2cccc(CCl)c2)nc1. The molecule has 0 unspecified atom stereocenters. The minimum Gasteiger partial charge on any atom is -0.491 e. The van der Waals surface area contributed by atoms with Crippen LogP contribution in [0.3, 0.4) is 0 Å². The smallest absolute Gasteiger partial charge is 0.159 e. The van der Waals surface area contributed by atoms with Crippen molar-refractivity contribution in [2.75, 3.05) is 6.61 Å². The number of halogens is 1. The molecule has 17 heavy (non-hydrogen) atoms. The van der Waals surface area contributed by atoms with E-state index in [1.54, 1.807) is 12.4 Å². The second-order valence-electron chi connectivity index (χ2n) is 3.51. The molecule has 0 saturated carbocycles. The summed E-state index contributed by atoms with van der Waals surface area (Å²) in [5, 5.41) is 0. The molecule has 1 aromatic carbocycles. The summed E-state index contributed by atoms with van der Waals surface area (Å²) in [7, 11) is 0. The summed E-state index contributed by atoms with van der Waals surface area (Å²) < 4.78 is 5.30. The Morgan fingerprint density at radius 1 is 1.24 bits per heavy atom. The van der Waals surface area contributed by atoms with Crippen LogP contribution in [0.2, 0.25) is 0 Å². The van der Waals surface area contributed by atoms with Crippen molar-refractivity contribution in [3.63, 3.8) is 0 Å². The van der Waals surface area contributed by atoms with Gasteiger partial charge in [-0.2, -0.15) is 0 Å². The van der Waals surface area contributed by atoms with Gasteiger partial charge in [-0.1, -0.05) is 18.2 Å². The number of hydrogen-bond donors (Lipinski definition) is 0. The molecule has 0 aliphatic carbocycles. The lowest BCUT2D eigenvalue weighted by Crippen LogP contribution is -1.95. The van der Waals surface area contributed by atoms with Crippen molar-refractivity contribution in [2.24, 2.45) is 0 Å². The van der Waals surface area contributed by atoms with Crippen LogP contribution in [-0.4, -0.2) is 16.6 Å². The number of benzene rings is 1. The van der Waals surface area contributed by atoms with E-state index in [2.05, 4.69) is 9.97 Å². The van der Waals surface area contributed by atoms with Gasteiger partial charge in [0.05, 0.1) is 19.0 Å². The van der Waals surface area contributed by atoms with Crippen molar-refractivity contribution in [3.8, 4) is 17.1 Å². The fourth-order valence-electron chi connectivity index (χ4n) is 1.50. The molecule has 0 amide bonds. The first-order valence-corrected chi connectivity index (χ1v) is 5.97. The number of aromatic nitrogens is 2. The molecule has 0 fully saturated rings. The Labute approximate surface area is 105 Å². The van der Waals surface area contributed by atoms with Crippen LogP contribution in [0.15, 0.2) is 36.7 Å². The van der Waals surface area contributed by atoms with E-state index in [0.29, 0.717) is 24.1 Å². The van der Waals surface area contributed by atoms with Gasteiger partial charge in [0.1, 0.15) is 0 Å². The van der Waals surface area contributed by atoms with Crippen LogP contribution in [0.1, 0.15) is 12.5 Å². The van der Waals surface area contributed by atoms with Gasteiger partial charge in [-0.05, 0) is 18.6 Å². The minimum absolute atomic E-state index is 0.491. The zero-order valence-corrected chi connectivity index (χ0v) is 10.3. The van der Waals surface area contributed by atoms with E-state index in [0.717, 1.165) is 11.1 Å². The Morgan fingerprint density at radius 3 is 2.65 bits per heavy atom. The molecule has 0 aliphatic rings. The van der Waals surface area contributed by atoms with Gasteiger partial charge in [0.15, 0.2) is 11.6 Å². The molecule has 0 radical (unpaired) electrons. The van der Waals surface area contributed by atoms with Gasteiger partial charge < -0.3 is 4.74 Å². The highest BCUT2D eigenvalue weighted by atomic mass is 35.5. The Balaban J connectivity index is 2.26. The molecule has 1 aromatic heterocycles. The number of ether oxygens (including phenoxy) is 1. The van der Waals surface area contributed by atoms with Crippen molar-refractivity contribution in [1.29, 1.82) is 0 Å². The third-order valence-electron chi connectivity index (χ3n) is 2.28. The third kappa shape index (κ3) is 2.94. The molecule has 88 valence electrons. The molecular weight excluding hydrogens is 236 g/mol. The fraction of sp³-hybridized carbons (Fsp3) is 0.231. The summed E-state index contributed by atoms with van der Waals surface area (Å²) in [5.41, 5.74) is 2.02. The summed E-state index contributed by atoms with van der Waals surface area (Å²) in [6, 6.07) is 7.88. The first-order chi connectivity index (χ1) is 8.33. The summed E-state index contributed by atoms with van der Waals surface area (Å²) in [5.74, 6) is 1.86. The lowest BCUT2D eigenvalue weighted by atomic mass is 10.1. The van der Waals surface area contributed by atoms with E-state index < -0.39 is 0 Å². The van der Waals surface area contributed by atoms with Crippen molar-refractivity contribution in [3.05, 3.63) is 42.2 Å². The van der Waals surface area contributed by atoms with E-state index in [1.807, 2.05) is 31.2 Å². The molecular formula is C13H13ClN2O. The van der Waals surface area contributed by atoms with E-state index in [4.69, 9.17) is 16.3 Å². The molecule has 0 saturated heterocycles. The highest BCUT2D eigenvalue weighted by molar-refractivity contribution is 6.17. The lowest BCUT2D eigenvalue weighted by molar-refractivity contribution is 0.337. The Morgan fingerprint density at radius 2 is 2.00 bits per heavy atom. The normalized spacial score (nSPS) is 10.2. The fourth-order valence-corrected chi connectivity index (χ4v) is 1.67. The summed E-state index contributed by atoms with van der Waals surface area (Å²) >= 11 is 5.79. The largest absolute Gasteiger partial charge is 0.491 e. The zero-order chi connectivity index (χ0) is 12.1. The van der Waals surface area contributed by atoms with Gasteiger partial charge in [-0.3, -0.25) is 0 Å². The maximum Gasteiger partial charge on any atom is 0.159 e. The predicted molar refractivity (Wildman–Crippen MR) is 68.2 cm³/mol. The number of alkyl halides is 1. The highest BCUT2D eigenvalue weighted by Gasteiger charge is 2.02. The predicted octanol–water partition coefficient (Wildman–Crippen LogP) is 3.28. The van der Waals surface area contributed by atoms with E-state index >= 15 is 0 Å². The maximum absolute atomic E-state index is 5.79. The van der Waals surface area contributed by atoms with Crippen LogP contribution >= 0.6 is 11.6 Å². The number of hydrogen-bond acceptors (Lipinski definition) is 3. The topological polar surface area (TPSA) is 35.0 Å². The van der Waals surface area contributed by atoms with Gasteiger partial charge in [-0.15, -0.1) is 11.6 Å². The second kappa shape index (κ2) is 5.64. The Bertz CT molecular complexity index is 485. The lowest BCUT2D eigenvalue weighted by Gasteiger charge is -2.04. The second-order valence-corrected chi connectivity index (χ2v) is 3.78. The molecule has 3 nitrogen and oxygen atoms in total. The molecule has 2 rings (SSSR count). The summed E-state index contributed by atoms with van der Waals surface area (Å²) in [4.78, 5) is 8.53. The van der Waals surface area contributed by atoms with E-state index in [-0.39, 0.29) is 0 Å². The average Bonchev–Trinajstić information content (AvgIpc) is 2.40. The van der Waals surface area contributed by atoms with Crippen LogP contribution in [0.25, 0.3) is 11.4 Å². The third-order valence-corrected chi connectivity index (χ3v) is 2.59. The zero-order valence-electron chi connectivity index (χ0n) is 9.56. The molecule has 0 aliphatic heterocycles. The van der Waals surface area contributed by atoms with Gasteiger partial charge in [0, 0.05) is 11.4 Å². The Hall–Kier alpha value is -1.61. The van der Waals surface area contributed by atoms with Crippen LogP contribution in [-0.2, 0) is 5.88 Å². The highest BCUT2D eigenvalue weighted by Crippen LogP contribution is 2.18. The maximum atomic E-state index is 5.79. The van der Waals surface area contributed by atoms with E-state index in [9.17, 15) is 0 Å². The van der Waals surface area contributed by atoms with Crippen molar-refractivity contribution >= 4 is 11.6 Å². The van der Waals surface area contributed by atoms with Crippen LogP contribution in [0.4, 0.5) is 0 Å². The molecule has 0 bridgehead atoms.